The number of hydrogen-bond donors (Lipinski definition) is 0. The first kappa shape index (κ1) is 16.8. The predicted molar refractivity (Wildman–Crippen MR) is 100 cm³/mol. The molecule has 26 heavy (non-hydrogen) atoms. The van der Waals surface area contributed by atoms with Gasteiger partial charge in [0.25, 0.3) is 0 Å². The van der Waals surface area contributed by atoms with Crippen molar-refractivity contribution in [3.63, 3.8) is 0 Å². The number of aryl methyl sites for hydroxylation is 2. The first-order chi connectivity index (χ1) is 12.6. The maximum atomic E-state index is 13.3. The van der Waals surface area contributed by atoms with Gasteiger partial charge in [-0.15, -0.1) is 0 Å². The van der Waals surface area contributed by atoms with Crippen molar-refractivity contribution in [2.24, 2.45) is 5.92 Å². The number of esters is 1. The fourth-order valence-electron chi connectivity index (χ4n) is 4.35. The first-order valence-corrected chi connectivity index (χ1v) is 9.28. The zero-order valence-corrected chi connectivity index (χ0v) is 15.2. The van der Waals surface area contributed by atoms with E-state index in [2.05, 4.69) is 18.2 Å². The van der Waals surface area contributed by atoms with Crippen molar-refractivity contribution < 1.29 is 14.3 Å². The van der Waals surface area contributed by atoms with Crippen LogP contribution in [0.5, 0.6) is 0 Å². The van der Waals surface area contributed by atoms with E-state index >= 15 is 0 Å². The minimum absolute atomic E-state index is 0.130. The number of hydrogen-bond acceptors (Lipinski definition) is 3. The van der Waals surface area contributed by atoms with Crippen LogP contribution in [0.4, 0.5) is 5.69 Å². The number of para-hydroxylation sites is 1. The summed E-state index contributed by atoms with van der Waals surface area (Å²) in [6, 6.07) is 14.3. The minimum Gasteiger partial charge on any atom is -0.465 e. The number of amides is 1. The number of nitrogens with zero attached hydrogens (tertiary/aromatic N) is 1. The maximum Gasteiger partial charge on any atom is 0.319 e. The SMILES string of the molecule is CCOC(=O)C1C(=O)N2CCCc3cccc(c32)C1c1cccc(C)c1. The van der Waals surface area contributed by atoms with Crippen molar-refractivity contribution in [3.8, 4) is 0 Å². The lowest BCUT2D eigenvalue weighted by Gasteiger charge is -2.42. The Labute approximate surface area is 153 Å². The van der Waals surface area contributed by atoms with Crippen molar-refractivity contribution in [3.05, 3.63) is 64.7 Å². The number of carbonyl (C=O) groups is 2. The van der Waals surface area contributed by atoms with Gasteiger partial charge >= 0.3 is 5.97 Å². The van der Waals surface area contributed by atoms with Crippen LogP contribution in [-0.4, -0.2) is 25.0 Å². The number of carbonyl (C=O) groups excluding carboxylic acids is 2. The van der Waals surface area contributed by atoms with Gasteiger partial charge in [-0.2, -0.15) is 0 Å². The van der Waals surface area contributed by atoms with Crippen molar-refractivity contribution >= 4 is 17.6 Å². The van der Waals surface area contributed by atoms with Gasteiger partial charge in [-0.25, -0.2) is 0 Å². The van der Waals surface area contributed by atoms with Crippen molar-refractivity contribution in [1.82, 2.24) is 0 Å². The van der Waals surface area contributed by atoms with Crippen LogP contribution in [0.1, 0.15) is 41.5 Å². The number of rotatable bonds is 3. The molecule has 4 rings (SSSR count). The highest BCUT2D eigenvalue weighted by atomic mass is 16.5. The van der Waals surface area contributed by atoms with Gasteiger partial charge in [0.15, 0.2) is 0 Å². The van der Waals surface area contributed by atoms with Gasteiger partial charge in [0, 0.05) is 12.5 Å². The van der Waals surface area contributed by atoms with Crippen LogP contribution < -0.4 is 4.90 Å². The first-order valence-electron chi connectivity index (χ1n) is 9.28. The summed E-state index contributed by atoms with van der Waals surface area (Å²) in [6.07, 6.45) is 1.89. The highest BCUT2D eigenvalue weighted by molar-refractivity contribution is 6.10. The second-order valence-corrected chi connectivity index (χ2v) is 7.07. The molecule has 2 atom stereocenters. The van der Waals surface area contributed by atoms with Gasteiger partial charge in [0.2, 0.25) is 5.91 Å². The van der Waals surface area contributed by atoms with Gasteiger partial charge in [0.1, 0.15) is 5.92 Å². The van der Waals surface area contributed by atoms with E-state index in [9.17, 15) is 9.59 Å². The van der Waals surface area contributed by atoms with Gasteiger partial charge in [-0.3, -0.25) is 9.59 Å². The second-order valence-electron chi connectivity index (χ2n) is 7.07. The molecule has 1 amide bonds. The average molecular weight is 349 g/mol. The molecule has 0 saturated carbocycles. The Morgan fingerprint density at radius 2 is 2.04 bits per heavy atom. The fourth-order valence-corrected chi connectivity index (χ4v) is 4.35. The molecule has 2 aliphatic heterocycles. The van der Waals surface area contributed by atoms with E-state index in [1.807, 2.05) is 36.1 Å². The smallest absolute Gasteiger partial charge is 0.319 e. The largest absolute Gasteiger partial charge is 0.465 e. The third-order valence-electron chi connectivity index (χ3n) is 5.39. The molecule has 4 heteroatoms. The third-order valence-corrected chi connectivity index (χ3v) is 5.39. The zero-order chi connectivity index (χ0) is 18.3. The third kappa shape index (κ3) is 2.61. The van der Waals surface area contributed by atoms with E-state index in [1.165, 1.54) is 5.56 Å². The molecule has 0 radical (unpaired) electrons. The summed E-state index contributed by atoms with van der Waals surface area (Å²) in [5.74, 6) is -1.68. The van der Waals surface area contributed by atoms with Gasteiger partial charge in [-0.1, -0.05) is 48.0 Å². The molecule has 0 aliphatic carbocycles. The van der Waals surface area contributed by atoms with Crippen LogP contribution in [0.3, 0.4) is 0 Å². The monoisotopic (exact) mass is 349 g/mol. The van der Waals surface area contributed by atoms with Crippen LogP contribution in [0, 0.1) is 12.8 Å². The molecule has 0 saturated heterocycles. The number of benzene rings is 2. The Morgan fingerprint density at radius 3 is 2.81 bits per heavy atom. The fraction of sp³-hybridized carbons (Fsp3) is 0.364. The topological polar surface area (TPSA) is 46.6 Å². The minimum atomic E-state index is -0.822. The Bertz CT molecular complexity index is 873. The molecule has 2 heterocycles. The van der Waals surface area contributed by atoms with E-state index in [1.54, 1.807) is 6.92 Å². The summed E-state index contributed by atoms with van der Waals surface area (Å²) in [6.45, 7) is 4.75. The molecule has 0 N–H and O–H groups in total. The summed E-state index contributed by atoms with van der Waals surface area (Å²) < 4.78 is 5.30. The molecular formula is C22H23NO3. The standard InChI is InChI=1S/C22H23NO3/c1-3-26-22(25)19-18(16-9-4-7-14(2)13-16)17-11-5-8-15-10-6-12-23(20(15)17)21(19)24/h4-5,7-9,11,13,18-19H,3,6,10,12H2,1-2H3. The molecule has 2 unspecified atom stereocenters. The van der Waals surface area contributed by atoms with Crippen LogP contribution in [0.2, 0.25) is 0 Å². The van der Waals surface area contributed by atoms with E-state index < -0.39 is 11.9 Å². The predicted octanol–water partition coefficient (Wildman–Crippen LogP) is 3.60. The Kier molecular flexibility index (Phi) is 4.27. The summed E-state index contributed by atoms with van der Waals surface area (Å²) >= 11 is 0. The van der Waals surface area contributed by atoms with E-state index in [0.29, 0.717) is 6.54 Å². The summed E-state index contributed by atoms with van der Waals surface area (Å²) in [5.41, 5.74) is 5.38. The number of ether oxygens (including phenoxy) is 1. The Morgan fingerprint density at radius 1 is 1.23 bits per heavy atom. The van der Waals surface area contributed by atoms with Gasteiger partial charge in [-0.05, 0) is 43.4 Å². The molecule has 0 aromatic heterocycles. The summed E-state index contributed by atoms with van der Waals surface area (Å²) in [4.78, 5) is 27.9. The summed E-state index contributed by atoms with van der Waals surface area (Å²) in [7, 11) is 0. The van der Waals surface area contributed by atoms with Crippen LogP contribution >= 0.6 is 0 Å². The van der Waals surface area contributed by atoms with Crippen molar-refractivity contribution in [2.75, 3.05) is 18.1 Å². The molecule has 2 aromatic rings. The Hall–Kier alpha value is -2.62. The van der Waals surface area contributed by atoms with Crippen LogP contribution in [0.15, 0.2) is 42.5 Å². The van der Waals surface area contributed by atoms with Crippen LogP contribution in [0.25, 0.3) is 0 Å². The van der Waals surface area contributed by atoms with E-state index in [0.717, 1.165) is 35.2 Å². The van der Waals surface area contributed by atoms with Crippen LogP contribution in [-0.2, 0) is 20.7 Å². The molecule has 2 aliphatic rings. The molecule has 4 nitrogen and oxygen atoms in total. The molecule has 0 fully saturated rings. The van der Waals surface area contributed by atoms with E-state index in [-0.39, 0.29) is 18.4 Å². The zero-order valence-electron chi connectivity index (χ0n) is 15.2. The quantitative estimate of drug-likeness (QED) is 0.628. The molecule has 2 aromatic carbocycles. The lowest BCUT2D eigenvalue weighted by Crippen LogP contribution is -2.49. The normalized spacial score (nSPS) is 21.3. The van der Waals surface area contributed by atoms with Crippen molar-refractivity contribution in [2.45, 2.75) is 32.6 Å². The summed E-state index contributed by atoms with van der Waals surface area (Å²) in [5, 5.41) is 0. The Balaban J connectivity index is 1.94. The molecule has 0 bridgehead atoms. The maximum absolute atomic E-state index is 13.3. The lowest BCUT2D eigenvalue weighted by atomic mass is 9.74. The molecule has 134 valence electrons. The highest BCUT2D eigenvalue weighted by Crippen LogP contribution is 2.47. The average Bonchev–Trinajstić information content (AvgIpc) is 2.64. The van der Waals surface area contributed by atoms with Gasteiger partial charge in [0.05, 0.1) is 12.3 Å². The second kappa shape index (κ2) is 6.60. The van der Waals surface area contributed by atoms with E-state index in [4.69, 9.17) is 4.74 Å². The molecular weight excluding hydrogens is 326 g/mol. The molecule has 0 spiro atoms. The highest BCUT2D eigenvalue weighted by Gasteiger charge is 2.47. The lowest BCUT2D eigenvalue weighted by molar-refractivity contribution is -0.152. The number of anilines is 1. The van der Waals surface area contributed by atoms with Crippen molar-refractivity contribution in [1.29, 1.82) is 0 Å². The van der Waals surface area contributed by atoms with Gasteiger partial charge < -0.3 is 9.64 Å².